The van der Waals surface area contributed by atoms with Crippen LogP contribution in [0.4, 0.5) is 0 Å². The SMILES string of the molecule is CC(C(=O)N1CCC(C(N)=O)CC1)n1nc(-c2cccs2)ccc1=O. The average Bonchev–Trinajstić information content (AvgIpc) is 3.15. The van der Waals surface area contributed by atoms with Gasteiger partial charge in [0.15, 0.2) is 0 Å². The summed E-state index contributed by atoms with van der Waals surface area (Å²) in [6.45, 7) is 2.61. The zero-order chi connectivity index (χ0) is 18.0. The number of likely N-dealkylation sites (tertiary alicyclic amines) is 1. The molecular weight excluding hydrogens is 340 g/mol. The lowest BCUT2D eigenvalue weighted by molar-refractivity contribution is -0.137. The summed E-state index contributed by atoms with van der Waals surface area (Å²) in [5.41, 5.74) is 5.68. The van der Waals surface area contributed by atoms with E-state index in [0.29, 0.717) is 31.6 Å². The molecule has 1 aliphatic heterocycles. The molecule has 25 heavy (non-hydrogen) atoms. The Balaban J connectivity index is 1.77. The molecule has 7 nitrogen and oxygen atoms in total. The molecule has 1 unspecified atom stereocenters. The van der Waals surface area contributed by atoms with Crippen LogP contribution in [-0.4, -0.2) is 39.6 Å². The number of thiophene rings is 1. The molecule has 0 aromatic carbocycles. The van der Waals surface area contributed by atoms with Crippen LogP contribution in [0.2, 0.25) is 0 Å². The minimum absolute atomic E-state index is 0.166. The summed E-state index contributed by atoms with van der Waals surface area (Å²) in [6.07, 6.45) is 1.12. The van der Waals surface area contributed by atoms with Crippen molar-refractivity contribution in [2.75, 3.05) is 13.1 Å². The van der Waals surface area contributed by atoms with Crippen LogP contribution in [0.1, 0.15) is 25.8 Å². The number of hydrogen-bond donors (Lipinski definition) is 1. The number of nitrogens with two attached hydrogens (primary N) is 1. The summed E-state index contributed by atoms with van der Waals surface area (Å²) in [7, 11) is 0. The van der Waals surface area contributed by atoms with E-state index in [1.54, 1.807) is 17.9 Å². The summed E-state index contributed by atoms with van der Waals surface area (Å²) in [4.78, 5) is 38.8. The number of aromatic nitrogens is 2. The van der Waals surface area contributed by atoms with Gasteiger partial charge >= 0.3 is 0 Å². The fourth-order valence-corrected chi connectivity index (χ4v) is 3.70. The van der Waals surface area contributed by atoms with E-state index < -0.39 is 6.04 Å². The van der Waals surface area contributed by atoms with Crippen molar-refractivity contribution >= 4 is 23.2 Å². The summed E-state index contributed by atoms with van der Waals surface area (Å²) >= 11 is 1.52. The second-order valence-electron chi connectivity index (χ2n) is 6.16. The number of nitrogens with zero attached hydrogens (tertiary/aromatic N) is 3. The van der Waals surface area contributed by atoms with Gasteiger partial charge in [0.05, 0.1) is 4.88 Å². The Kier molecular flexibility index (Phi) is 4.98. The predicted molar refractivity (Wildman–Crippen MR) is 95.0 cm³/mol. The predicted octanol–water partition coefficient (Wildman–Crippen LogP) is 1.26. The Bertz CT molecular complexity index is 823. The first-order chi connectivity index (χ1) is 12.0. The maximum absolute atomic E-state index is 12.7. The molecule has 132 valence electrons. The van der Waals surface area contributed by atoms with E-state index >= 15 is 0 Å². The third kappa shape index (κ3) is 3.63. The molecule has 2 amide bonds. The zero-order valence-corrected chi connectivity index (χ0v) is 14.7. The van der Waals surface area contributed by atoms with Crippen molar-refractivity contribution in [3.63, 3.8) is 0 Å². The Hall–Kier alpha value is -2.48. The molecule has 3 rings (SSSR count). The van der Waals surface area contributed by atoms with Crippen LogP contribution in [0, 0.1) is 5.92 Å². The maximum atomic E-state index is 12.7. The molecule has 0 spiro atoms. The van der Waals surface area contributed by atoms with Crippen molar-refractivity contribution in [1.82, 2.24) is 14.7 Å². The number of carbonyl (C=O) groups excluding carboxylic acids is 2. The van der Waals surface area contributed by atoms with Crippen molar-refractivity contribution in [1.29, 1.82) is 0 Å². The van der Waals surface area contributed by atoms with Gasteiger partial charge in [0.25, 0.3) is 5.56 Å². The van der Waals surface area contributed by atoms with Gasteiger partial charge in [-0.3, -0.25) is 14.4 Å². The molecule has 0 radical (unpaired) electrons. The number of rotatable bonds is 4. The Labute approximate surface area is 149 Å². The molecule has 8 heteroatoms. The summed E-state index contributed by atoms with van der Waals surface area (Å²) < 4.78 is 1.23. The van der Waals surface area contributed by atoms with Crippen molar-refractivity contribution in [2.45, 2.75) is 25.8 Å². The Morgan fingerprint density at radius 3 is 2.60 bits per heavy atom. The largest absolute Gasteiger partial charge is 0.369 e. The second-order valence-corrected chi connectivity index (χ2v) is 7.10. The van der Waals surface area contributed by atoms with E-state index in [0.717, 1.165) is 4.88 Å². The highest BCUT2D eigenvalue weighted by Crippen LogP contribution is 2.23. The van der Waals surface area contributed by atoms with Crippen LogP contribution < -0.4 is 11.3 Å². The normalized spacial score (nSPS) is 16.6. The van der Waals surface area contributed by atoms with Gasteiger partial charge in [0.2, 0.25) is 11.8 Å². The van der Waals surface area contributed by atoms with E-state index in [1.165, 1.54) is 22.1 Å². The van der Waals surface area contributed by atoms with Crippen molar-refractivity contribution in [2.24, 2.45) is 11.7 Å². The summed E-state index contributed by atoms with van der Waals surface area (Å²) in [5.74, 6) is -0.662. The minimum Gasteiger partial charge on any atom is -0.369 e. The molecule has 0 bridgehead atoms. The molecule has 2 aromatic heterocycles. The third-order valence-corrected chi connectivity index (χ3v) is 5.42. The number of hydrogen-bond acceptors (Lipinski definition) is 5. The van der Waals surface area contributed by atoms with Gasteiger partial charge in [-0.2, -0.15) is 5.10 Å². The Morgan fingerprint density at radius 2 is 2.00 bits per heavy atom. The molecule has 0 aliphatic carbocycles. The molecule has 2 aromatic rings. The van der Waals surface area contributed by atoms with Crippen LogP contribution in [0.5, 0.6) is 0 Å². The monoisotopic (exact) mass is 360 g/mol. The highest BCUT2D eigenvalue weighted by Gasteiger charge is 2.29. The van der Waals surface area contributed by atoms with Crippen LogP contribution in [-0.2, 0) is 9.59 Å². The number of piperidine rings is 1. The molecule has 1 atom stereocenters. The number of carbonyl (C=O) groups is 2. The quantitative estimate of drug-likeness (QED) is 0.887. The van der Waals surface area contributed by atoms with Crippen LogP contribution >= 0.6 is 11.3 Å². The minimum atomic E-state index is -0.697. The fourth-order valence-electron chi connectivity index (χ4n) is 3.01. The topological polar surface area (TPSA) is 98.3 Å². The number of amides is 2. The van der Waals surface area contributed by atoms with Gasteiger partial charge in [0.1, 0.15) is 11.7 Å². The first-order valence-corrected chi connectivity index (χ1v) is 9.07. The molecular formula is C17H20N4O3S. The first kappa shape index (κ1) is 17.3. The highest BCUT2D eigenvalue weighted by atomic mass is 32.1. The van der Waals surface area contributed by atoms with Gasteiger partial charge in [-0.05, 0) is 37.3 Å². The van der Waals surface area contributed by atoms with E-state index in [-0.39, 0.29) is 23.3 Å². The maximum Gasteiger partial charge on any atom is 0.267 e. The molecule has 1 fully saturated rings. The molecule has 3 heterocycles. The molecule has 1 aliphatic rings. The van der Waals surface area contributed by atoms with Crippen LogP contribution in [0.25, 0.3) is 10.6 Å². The van der Waals surface area contributed by atoms with E-state index in [1.807, 2.05) is 17.5 Å². The van der Waals surface area contributed by atoms with Gasteiger partial charge in [0, 0.05) is 25.1 Å². The standard InChI is InChI=1S/C17H20N4O3S/c1-11(17(24)20-8-6-12(7-9-20)16(18)23)21-15(22)5-4-13(19-21)14-3-2-10-25-14/h2-5,10-12H,6-9H2,1H3,(H2,18,23). The first-order valence-electron chi connectivity index (χ1n) is 8.19. The lowest BCUT2D eigenvalue weighted by Crippen LogP contribution is -2.45. The van der Waals surface area contributed by atoms with E-state index in [4.69, 9.17) is 5.73 Å². The van der Waals surface area contributed by atoms with Gasteiger partial charge in [-0.15, -0.1) is 11.3 Å². The summed E-state index contributed by atoms with van der Waals surface area (Å²) in [5, 5.41) is 6.30. The Morgan fingerprint density at radius 1 is 1.28 bits per heavy atom. The average molecular weight is 360 g/mol. The van der Waals surface area contributed by atoms with Gasteiger partial charge < -0.3 is 10.6 Å². The third-order valence-electron chi connectivity index (χ3n) is 4.53. The molecule has 0 saturated carbocycles. The lowest BCUT2D eigenvalue weighted by atomic mass is 9.96. The van der Waals surface area contributed by atoms with Crippen molar-refractivity contribution < 1.29 is 9.59 Å². The van der Waals surface area contributed by atoms with Gasteiger partial charge in [-0.1, -0.05) is 6.07 Å². The summed E-state index contributed by atoms with van der Waals surface area (Å²) in [6, 6.07) is 6.24. The molecule has 1 saturated heterocycles. The second kappa shape index (κ2) is 7.18. The van der Waals surface area contributed by atoms with Crippen molar-refractivity contribution in [3.8, 4) is 10.6 Å². The van der Waals surface area contributed by atoms with Gasteiger partial charge in [-0.25, -0.2) is 4.68 Å². The van der Waals surface area contributed by atoms with Crippen LogP contribution in [0.15, 0.2) is 34.4 Å². The van der Waals surface area contributed by atoms with E-state index in [2.05, 4.69) is 5.10 Å². The fraction of sp³-hybridized carbons (Fsp3) is 0.412. The lowest BCUT2D eigenvalue weighted by Gasteiger charge is -2.32. The number of primary amides is 1. The molecule has 2 N–H and O–H groups in total. The van der Waals surface area contributed by atoms with Crippen molar-refractivity contribution in [3.05, 3.63) is 40.0 Å². The highest BCUT2D eigenvalue weighted by molar-refractivity contribution is 7.13. The van der Waals surface area contributed by atoms with E-state index in [9.17, 15) is 14.4 Å². The smallest absolute Gasteiger partial charge is 0.267 e. The zero-order valence-electron chi connectivity index (χ0n) is 13.9. The van der Waals surface area contributed by atoms with Crippen LogP contribution in [0.3, 0.4) is 0 Å².